The van der Waals surface area contributed by atoms with Gasteiger partial charge in [0.2, 0.25) is 0 Å². The highest BCUT2D eigenvalue weighted by molar-refractivity contribution is 7.91. The summed E-state index contributed by atoms with van der Waals surface area (Å²) in [6.45, 7) is 6.31. The normalized spacial score (nSPS) is 20.2. The Kier molecular flexibility index (Phi) is 4.56. The van der Waals surface area contributed by atoms with Crippen LogP contribution in [-0.2, 0) is 9.84 Å². The first kappa shape index (κ1) is 15.8. The van der Waals surface area contributed by atoms with Crippen LogP contribution >= 0.6 is 0 Å². The van der Waals surface area contributed by atoms with Gasteiger partial charge in [0.1, 0.15) is 0 Å². The Morgan fingerprint density at radius 2 is 2.10 bits per heavy atom. The molecule has 0 radical (unpaired) electrons. The lowest BCUT2D eigenvalue weighted by atomic mass is 10.1. The molecule has 116 valence electrons. The van der Waals surface area contributed by atoms with E-state index in [4.69, 9.17) is 0 Å². The Bertz CT molecular complexity index is 640. The molecule has 1 fully saturated rings. The average Bonchev–Trinajstić information content (AvgIpc) is 2.74. The summed E-state index contributed by atoms with van der Waals surface area (Å²) in [4.78, 5) is 14.0. The second kappa shape index (κ2) is 6.05. The number of amides is 2. The maximum atomic E-state index is 12.4. The van der Waals surface area contributed by atoms with E-state index in [0.29, 0.717) is 13.0 Å². The summed E-state index contributed by atoms with van der Waals surface area (Å²) in [6, 6.07) is 5.38. The number of carbonyl (C=O) groups is 1. The SMILES string of the molecule is CCN(C(=O)Nc1ccc(C)cc1C)C1CCS(=O)(=O)C1. The quantitative estimate of drug-likeness (QED) is 0.932. The van der Waals surface area contributed by atoms with Crippen molar-refractivity contribution in [3.63, 3.8) is 0 Å². The minimum Gasteiger partial charge on any atom is -0.321 e. The third-order valence-corrected chi connectivity index (χ3v) is 5.62. The number of aryl methyl sites for hydroxylation is 2. The van der Waals surface area contributed by atoms with Crippen LogP contribution < -0.4 is 5.32 Å². The number of sulfone groups is 1. The molecule has 6 heteroatoms. The van der Waals surface area contributed by atoms with Crippen LogP contribution in [-0.4, -0.2) is 43.4 Å². The van der Waals surface area contributed by atoms with Crippen molar-refractivity contribution in [1.82, 2.24) is 4.90 Å². The van der Waals surface area contributed by atoms with E-state index >= 15 is 0 Å². The lowest BCUT2D eigenvalue weighted by Crippen LogP contribution is -2.43. The van der Waals surface area contributed by atoms with Crippen molar-refractivity contribution >= 4 is 21.6 Å². The standard InChI is InChI=1S/C15H22N2O3S/c1-4-17(13-7-8-21(19,20)10-13)15(18)16-14-6-5-11(2)9-12(14)3/h5-6,9,13H,4,7-8,10H2,1-3H3,(H,16,18). The molecule has 0 bridgehead atoms. The molecule has 1 saturated heterocycles. The number of nitrogens with zero attached hydrogens (tertiary/aromatic N) is 1. The predicted octanol–water partition coefficient (Wildman–Crippen LogP) is 2.34. The molecule has 1 aromatic rings. The zero-order valence-electron chi connectivity index (χ0n) is 12.7. The first-order chi connectivity index (χ1) is 9.82. The van der Waals surface area contributed by atoms with Crippen molar-refractivity contribution < 1.29 is 13.2 Å². The third-order valence-electron chi connectivity index (χ3n) is 3.87. The van der Waals surface area contributed by atoms with Gasteiger partial charge < -0.3 is 10.2 Å². The van der Waals surface area contributed by atoms with Gasteiger partial charge in [0.05, 0.1) is 11.5 Å². The maximum absolute atomic E-state index is 12.4. The van der Waals surface area contributed by atoms with Crippen LogP contribution in [0.3, 0.4) is 0 Å². The van der Waals surface area contributed by atoms with Gasteiger partial charge in [-0.15, -0.1) is 0 Å². The van der Waals surface area contributed by atoms with E-state index in [1.165, 1.54) is 0 Å². The zero-order chi connectivity index (χ0) is 15.6. The Balaban J connectivity index is 2.10. The molecule has 1 N–H and O–H groups in total. The molecule has 1 atom stereocenters. The first-order valence-electron chi connectivity index (χ1n) is 7.17. The molecule has 0 aromatic heterocycles. The van der Waals surface area contributed by atoms with E-state index in [2.05, 4.69) is 5.32 Å². The Labute approximate surface area is 126 Å². The molecular formula is C15H22N2O3S. The van der Waals surface area contributed by atoms with E-state index in [1.807, 2.05) is 39.0 Å². The van der Waals surface area contributed by atoms with Gasteiger partial charge in [0.15, 0.2) is 9.84 Å². The summed E-state index contributed by atoms with van der Waals surface area (Å²) >= 11 is 0. The highest BCUT2D eigenvalue weighted by Crippen LogP contribution is 2.20. The summed E-state index contributed by atoms with van der Waals surface area (Å²) in [6.07, 6.45) is 0.524. The minimum atomic E-state index is -2.99. The van der Waals surface area contributed by atoms with Crippen molar-refractivity contribution in [3.8, 4) is 0 Å². The van der Waals surface area contributed by atoms with E-state index in [-0.39, 0.29) is 23.6 Å². The predicted molar refractivity (Wildman–Crippen MR) is 84.4 cm³/mol. The Hall–Kier alpha value is -1.56. The maximum Gasteiger partial charge on any atom is 0.322 e. The number of urea groups is 1. The molecule has 5 nitrogen and oxygen atoms in total. The van der Waals surface area contributed by atoms with Crippen molar-refractivity contribution in [3.05, 3.63) is 29.3 Å². The number of anilines is 1. The summed E-state index contributed by atoms with van der Waals surface area (Å²) in [5, 5.41) is 2.88. The molecule has 1 heterocycles. The van der Waals surface area contributed by atoms with Crippen LogP contribution in [0.2, 0.25) is 0 Å². The van der Waals surface area contributed by atoms with E-state index in [1.54, 1.807) is 4.90 Å². The highest BCUT2D eigenvalue weighted by atomic mass is 32.2. The van der Waals surface area contributed by atoms with Crippen LogP contribution in [0.5, 0.6) is 0 Å². The molecule has 1 aromatic carbocycles. The molecular weight excluding hydrogens is 288 g/mol. The number of benzene rings is 1. The van der Waals surface area contributed by atoms with Crippen LogP contribution in [0.1, 0.15) is 24.5 Å². The van der Waals surface area contributed by atoms with Gasteiger partial charge >= 0.3 is 6.03 Å². The van der Waals surface area contributed by atoms with Gasteiger partial charge in [-0.2, -0.15) is 0 Å². The van der Waals surface area contributed by atoms with E-state index in [9.17, 15) is 13.2 Å². The number of hydrogen-bond donors (Lipinski definition) is 1. The second-order valence-corrected chi connectivity index (χ2v) is 7.82. The topological polar surface area (TPSA) is 66.5 Å². The molecule has 0 spiro atoms. The highest BCUT2D eigenvalue weighted by Gasteiger charge is 2.34. The Morgan fingerprint density at radius 3 is 2.62 bits per heavy atom. The van der Waals surface area contributed by atoms with Crippen LogP contribution in [0.4, 0.5) is 10.5 Å². The van der Waals surface area contributed by atoms with Gasteiger partial charge in [0.25, 0.3) is 0 Å². The lowest BCUT2D eigenvalue weighted by Gasteiger charge is -2.27. The zero-order valence-corrected chi connectivity index (χ0v) is 13.5. The van der Waals surface area contributed by atoms with Crippen LogP contribution in [0.15, 0.2) is 18.2 Å². The summed E-state index contributed by atoms with van der Waals surface area (Å²) < 4.78 is 23.2. The van der Waals surface area contributed by atoms with Crippen molar-refractivity contribution in [1.29, 1.82) is 0 Å². The van der Waals surface area contributed by atoms with Crippen molar-refractivity contribution in [2.75, 3.05) is 23.4 Å². The summed E-state index contributed by atoms with van der Waals surface area (Å²) in [5.41, 5.74) is 2.91. The smallest absolute Gasteiger partial charge is 0.321 e. The fourth-order valence-electron chi connectivity index (χ4n) is 2.73. The number of rotatable bonds is 3. The number of carbonyl (C=O) groups excluding carboxylic acids is 1. The third kappa shape index (κ3) is 3.75. The van der Waals surface area contributed by atoms with Crippen molar-refractivity contribution in [2.45, 2.75) is 33.2 Å². The lowest BCUT2D eigenvalue weighted by molar-refractivity contribution is 0.197. The summed E-state index contributed by atoms with van der Waals surface area (Å²) in [7, 11) is -2.99. The largest absolute Gasteiger partial charge is 0.322 e. The van der Waals surface area contributed by atoms with Gasteiger partial charge in [-0.1, -0.05) is 17.7 Å². The molecule has 1 aliphatic heterocycles. The first-order valence-corrected chi connectivity index (χ1v) is 9.00. The van der Waals surface area contributed by atoms with Gasteiger partial charge in [-0.05, 0) is 38.8 Å². The molecule has 0 aliphatic carbocycles. The van der Waals surface area contributed by atoms with Gasteiger partial charge in [-0.3, -0.25) is 0 Å². The van der Waals surface area contributed by atoms with Gasteiger partial charge in [0, 0.05) is 18.3 Å². The van der Waals surface area contributed by atoms with Crippen LogP contribution in [0, 0.1) is 13.8 Å². The summed E-state index contributed by atoms with van der Waals surface area (Å²) in [5.74, 6) is 0.242. The van der Waals surface area contributed by atoms with Crippen LogP contribution in [0.25, 0.3) is 0 Å². The monoisotopic (exact) mass is 310 g/mol. The van der Waals surface area contributed by atoms with E-state index < -0.39 is 9.84 Å². The van der Waals surface area contributed by atoms with E-state index in [0.717, 1.165) is 16.8 Å². The fourth-order valence-corrected chi connectivity index (χ4v) is 4.46. The van der Waals surface area contributed by atoms with Gasteiger partial charge in [-0.25, -0.2) is 13.2 Å². The molecule has 1 unspecified atom stereocenters. The Morgan fingerprint density at radius 1 is 1.38 bits per heavy atom. The minimum absolute atomic E-state index is 0.0706. The molecule has 2 rings (SSSR count). The fraction of sp³-hybridized carbons (Fsp3) is 0.533. The average molecular weight is 310 g/mol. The molecule has 0 saturated carbocycles. The van der Waals surface area contributed by atoms with Crippen molar-refractivity contribution in [2.24, 2.45) is 0 Å². The second-order valence-electron chi connectivity index (χ2n) is 5.59. The molecule has 1 aliphatic rings. The molecule has 21 heavy (non-hydrogen) atoms. The number of nitrogens with one attached hydrogen (secondary N) is 1. The number of hydrogen-bond acceptors (Lipinski definition) is 3. The molecule has 2 amide bonds.